The first-order valence-electron chi connectivity index (χ1n) is 32.9. The van der Waals surface area contributed by atoms with Crippen LogP contribution in [0, 0.1) is 0 Å². The molecular weight excluding hydrogens is 961 g/mol. The highest BCUT2D eigenvalue weighted by Crippen LogP contribution is 2.15. The van der Waals surface area contributed by atoms with Crippen molar-refractivity contribution in [3.63, 3.8) is 0 Å². The van der Waals surface area contributed by atoms with E-state index >= 15 is 0 Å². The fourth-order valence-electron chi connectivity index (χ4n) is 9.06. The van der Waals surface area contributed by atoms with Gasteiger partial charge in [0.1, 0.15) is 13.2 Å². The Hall–Kier alpha value is -3.93. The Morgan fingerprint density at radius 1 is 0.269 bits per heavy atom. The molecule has 0 aromatic heterocycles. The maximum absolute atomic E-state index is 12.9. The van der Waals surface area contributed by atoms with Crippen molar-refractivity contribution in [1.29, 1.82) is 0 Å². The van der Waals surface area contributed by atoms with Gasteiger partial charge in [-0.15, -0.1) is 0 Å². The van der Waals surface area contributed by atoms with E-state index in [1.165, 1.54) is 141 Å². The summed E-state index contributed by atoms with van der Waals surface area (Å²) in [5, 5.41) is 0. The lowest BCUT2D eigenvalue weighted by Crippen LogP contribution is -2.30. The number of rotatable bonds is 59. The summed E-state index contributed by atoms with van der Waals surface area (Å²) < 4.78 is 16.9. The minimum Gasteiger partial charge on any atom is -0.462 e. The van der Waals surface area contributed by atoms with Crippen LogP contribution in [0.3, 0.4) is 0 Å². The Morgan fingerprint density at radius 2 is 0.500 bits per heavy atom. The van der Waals surface area contributed by atoms with Crippen molar-refractivity contribution in [2.45, 2.75) is 316 Å². The third kappa shape index (κ3) is 62.9. The zero-order chi connectivity index (χ0) is 56.4. The molecule has 0 amide bonds. The second-order valence-electron chi connectivity index (χ2n) is 21.6. The van der Waals surface area contributed by atoms with E-state index in [4.69, 9.17) is 14.2 Å². The van der Waals surface area contributed by atoms with Gasteiger partial charge in [-0.3, -0.25) is 14.4 Å². The lowest BCUT2D eigenvalue weighted by molar-refractivity contribution is -0.167. The van der Waals surface area contributed by atoms with Gasteiger partial charge in [-0.25, -0.2) is 0 Å². The minimum absolute atomic E-state index is 0.0908. The van der Waals surface area contributed by atoms with Gasteiger partial charge >= 0.3 is 17.9 Å². The van der Waals surface area contributed by atoms with Crippen LogP contribution in [0.4, 0.5) is 0 Å². The number of carbonyl (C=O) groups excluding carboxylic acids is 3. The molecule has 0 radical (unpaired) electrons. The quantitative estimate of drug-likeness (QED) is 0.0261. The number of hydrogen-bond acceptors (Lipinski definition) is 6. The van der Waals surface area contributed by atoms with Gasteiger partial charge in [0, 0.05) is 19.3 Å². The van der Waals surface area contributed by atoms with Gasteiger partial charge in [-0.2, -0.15) is 0 Å². The molecule has 0 spiro atoms. The minimum atomic E-state index is -0.796. The van der Waals surface area contributed by atoms with Crippen molar-refractivity contribution in [2.24, 2.45) is 0 Å². The molecule has 1 unspecified atom stereocenters. The summed E-state index contributed by atoms with van der Waals surface area (Å²) in [5.41, 5.74) is 0. The van der Waals surface area contributed by atoms with Crippen molar-refractivity contribution in [3.8, 4) is 0 Å². The number of unbranched alkanes of at least 4 members (excludes halogenated alkanes) is 30. The Kier molecular flexibility index (Phi) is 62.3. The predicted octanol–water partition coefficient (Wildman–Crippen LogP) is 22.6. The summed E-state index contributed by atoms with van der Waals surface area (Å²) in [4.78, 5) is 38.4. The fourth-order valence-corrected chi connectivity index (χ4v) is 9.06. The number of allylic oxidation sites excluding steroid dienone is 18. The van der Waals surface area contributed by atoms with Crippen LogP contribution in [0.1, 0.15) is 310 Å². The molecule has 0 saturated carbocycles. The first-order valence-corrected chi connectivity index (χ1v) is 32.9. The highest BCUT2D eigenvalue weighted by atomic mass is 16.6. The van der Waals surface area contributed by atoms with Crippen molar-refractivity contribution >= 4 is 17.9 Å². The second kappa shape index (κ2) is 65.6. The number of esters is 3. The molecular formula is C72H122O6. The van der Waals surface area contributed by atoms with Crippen molar-refractivity contribution in [2.75, 3.05) is 13.2 Å². The summed E-state index contributed by atoms with van der Waals surface area (Å²) >= 11 is 0. The van der Waals surface area contributed by atoms with Gasteiger partial charge in [0.2, 0.25) is 0 Å². The van der Waals surface area contributed by atoms with Gasteiger partial charge in [-0.1, -0.05) is 271 Å². The van der Waals surface area contributed by atoms with E-state index in [0.717, 1.165) is 128 Å². The van der Waals surface area contributed by atoms with Gasteiger partial charge < -0.3 is 14.2 Å². The van der Waals surface area contributed by atoms with Gasteiger partial charge in [0.25, 0.3) is 0 Å². The third-order valence-electron chi connectivity index (χ3n) is 14.0. The smallest absolute Gasteiger partial charge is 0.306 e. The molecule has 6 heteroatoms. The monoisotopic (exact) mass is 1080 g/mol. The molecule has 0 aliphatic rings. The Balaban J connectivity index is 4.45. The zero-order valence-electron chi connectivity index (χ0n) is 51.2. The van der Waals surface area contributed by atoms with Crippen LogP contribution < -0.4 is 0 Å². The predicted molar refractivity (Wildman–Crippen MR) is 339 cm³/mol. The fraction of sp³-hybridized carbons (Fsp3) is 0.708. The molecule has 0 aliphatic carbocycles. The molecule has 0 rings (SSSR count). The van der Waals surface area contributed by atoms with E-state index < -0.39 is 6.10 Å². The average Bonchev–Trinajstić information content (AvgIpc) is 3.44. The van der Waals surface area contributed by atoms with Crippen LogP contribution in [0.25, 0.3) is 0 Å². The van der Waals surface area contributed by atoms with Crippen LogP contribution in [0.15, 0.2) is 109 Å². The van der Waals surface area contributed by atoms with Crippen molar-refractivity contribution in [3.05, 3.63) is 109 Å². The van der Waals surface area contributed by atoms with E-state index in [0.29, 0.717) is 19.3 Å². The lowest BCUT2D eigenvalue weighted by atomic mass is 10.1. The first-order chi connectivity index (χ1) is 38.5. The van der Waals surface area contributed by atoms with Crippen LogP contribution in [-0.4, -0.2) is 37.2 Å². The Bertz CT molecular complexity index is 1570. The molecule has 0 aromatic carbocycles. The van der Waals surface area contributed by atoms with E-state index in [9.17, 15) is 14.4 Å². The van der Waals surface area contributed by atoms with Crippen molar-refractivity contribution < 1.29 is 28.6 Å². The van der Waals surface area contributed by atoms with Crippen molar-refractivity contribution in [1.82, 2.24) is 0 Å². The van der Waals surface area contributed by atoms with Crippen LogP contribution >= 0.6 is 0 Å². The lowest BCUT2D eigenvalue weighted by Gasteiger charge is -2.18. The largest absolute Gasteiger partial charge is 0.462 e. The molecule has 78 heavy (non-hydrogen) atoms. The number of ether oxygens (including phenoxy) is 3. The normalized spacial score (nSPS) is 12.8. The summed E-state index contributed by atoms with van der Waals surface area (Å²) in [6, 6.07) is 0. The van der Waals surface area contributed by atoms with E-state index in [1.807, 2.05) is 0 Å². The summed E-state index contributed by atoms with van der Waals surface area (Å²) in [6.07, 6.45) is 89.4. The average molecular weight is 1080 g/mol. The Morgan fingerprint density at radius 3 is 0.795 bits per heavy atom. The third-order valence-corrected chi connectivity index (χ3v) is 14.0. The topological polar surface area (TPSA) is 78.9 Å². The maximum atomic E-state index is 12.9. The van der Waals surface area contributed by atoms with Gasteiger partial charge in [-0.05, 0) is 128 Å². The Labute approximate surface area is 482 Å². The zero-order valence-corrected chi connectivity index (χ0v) is 51.2. The second-order valence-corrected chi connectivity index (χ2v) is 21.6. The molecule has 0 aromatic rings. The molecule has 1 atom stereocenters. The highest BCUT2D eigenvalue weighted by molar-refractivity contribution is 5.71. The summed E-state index contributed by atoms with van der Waals surface area (Å²) in [5.74, 6) is -0.912. The number of hydrogen-bond donors (Lipinski definition) is 0. The molecule has 0 fully saturated rings. The molecule has 446 valence electrons. The molecule has 0 heterocycles. The van der Waals surface area contributed by atoms with E-state index in [2.05, 4.69) is 130 Å². The van der Waals surface area contributed by atoms with E-state index in [1.54, 1.807) is 0 Å². The van der Waals surface area contributed by atoms with E-state index in [-0.39, 0.29) is 31.1 Å². The first kappa shape index (κ1) is 74.1. The van der Waals surface area contributed by atoms with Gasteiger partial charge in [0.15, 0.2) is 6.10 Å². The highest BCUT2D eigenvalue weighted by Gasteiger charge is 2.19. The molecule has 6 nitrogen and oxygen atoms in total. The molecule has 0 bridgehead atoms. The molecule has 0 N–H and O–H groups in total. The molecule has 0 saturated heterocycles. The summed E-state index contributed by atoms with van der Waals surface area (Å²) in [6.45, 7) is 6.50. The van der Waals surface area contributed by atoms with Crippen LogP contribution in [0.5, 0.6) is 0 Å². The van der Waals surface area contributed by atoms with Gasteiger partial charge in [0.05, 0.1) is 0 Å². The SMILES string of the molecule is CC/C=C\C/C=C\C/C=C\C/C=C\C/C=C\CCCCCCCC(=O)OCC(COC(=O)CCCCCCCCC/C=C\C/C=C\CCCCCC)OC(=O)CCCCCCCCCCC/C=C\C/C=C\CCCCCCC. The standard InChI is InChI=1S/C72H122O6/c1-4-7-10-13-16-19-22-25-28-31-34-36-38-41-44-47-50-53-56-59-62-65-71(74)77-68-69(67-76-70(73)64-61-58-55-52-49-46-43-40-33-30-27-24-21-18-15-12-9-6-3)78-72(75)66-63-60-57-54-51-48-45-42-39-37-35-32-29-26-23-20-17-14-11-8-5-2/h7,10,16,19,21,23-26,28,30,32-36,41,44,69H,4-6,8-9,11-15,17-18,20,22,27,29,31,37-40,42-43,45-68H2,1-3H3/b10-7-,19-16-,24-21-,26-23-,28-25-,33-30-,35-32-,36-34-,44-41-. The number of carbonyl (C=O) groups is 3. The maximum Gasteiger partial charge on any atom is 0.306 e. The molecule has 0 aliphatic heterocycles. The van der Waals surface area contributed by atoms with Crippen LogP contribution in [0.2, 0.25) is 0 Å². The van der Waals surface area contributed by atoms with Crippen LogP contribution in [-0.2, 0) is 28.6 Å². The summed E-state index contributed by atoms with van der Waals surface area (Å²) in [7, 11) is 0.